The number of hydrogen-bond donors (Lipinski definition) is 1. The van der Waals surface area contributed by atoms with Gasteiger partial charge in [0.15, 0.2) is 0 Å². The molecule has 70 valence electrons. The maximum absolute atomic E-state index is 5.42. The van der Waals surface area contributed by atoms with Gasteiger partial charge in [0.25, 0.3) is 0 Å². The summed E-state index contributed by atoms with van der Waals surface area (Å²) in [6, 6.07) is 5.60. The second-order valence-electron chi connectivity index (χ2n) is 2.71. The molecule has 13 heavy (non-hydrogen) atoms. The highest BCUT2D eigenvalue weighted by Crippen LogP contribution is 2.15. The van der Waals surface area contributed by atoms with Crippen molar-refractivity contribution in [2.24, 2.45) is 5.73 Å². The van der Waals surface area contributed by atoms with E-state index in [9.17, 15) is 0 Å². The van der Waals surface area contributed by atoms with Gasteiger partial charge >= 0.3 is 0 Å². The lowest BCUT2D eigenvalue weighted by Gasteiger charge is -2.04. The van der Waals surface area contributed by atoms with Gasteiger partial charge in [0.2, 0.25) is 5.88 Å². The lowest BCUT2D eigenvalue weighted by molar-refractivity contribution is 0.397. The van der Waals surface area contributed by atoms with Gasteiger partial charge in [-0.1, -0.05) is 12.6 Å². The molecule has 3 heteroatoms. The van der Waals surface area contributed by atoms with Crippen LogP contribution in [0.15, 0.2) is 24.8 Å². The number of nitrogens with zero attached hydrogens (tertiary/aromatic N) is 1. The summed E-state index contributed by atoms with van der Waals surface area (Å²) in [6.07, 6.45) is 0.764. The van der Waals surface area contributed by atoms with Gasteiger partial charge < -0.3 is 10.5 Å². The predicted octanol–water partition coefficient (Wildman–Crippen LogP) is 1.45. The first-order valence-electron chi connectivity index (χ1n) is 4.17. The van der Waals surface area contributed by atoms with Gasteiger partial charge in [-0.25, -0.2) is 4.98 Å². The van der Waals surface area contributed by atoms with E-state index < -0.39 is 0 Å². The summed E-state index contributed by atoms with van der Waals surface area (Å²) in [4.78, 5) is 4.23. The number of methoxy groups -OCH3 is 1. The lowest BCUT2D eigenvalue weighted by Crippen LogP contribution is -2.00. The van der Waals surface area contributed by atoms with Crippen LogP contribution in [0.5, 0.6) is 5.88 Å². The molecule has 1 heterocycles. The molecule has 0 unspecified atom stereocenters. The first-order chi connectivity index (χ1) is 6.27. The SMILES string of the molecule is C=C(CCN)c1cccc(OC)n1. The Balaban J connectivity index is 2.82. The van der Waals surface area contributed by atoms with Crippen molar-refractivity contribution in [3.63, 3.8) is 0 Å². The maximum Gasteiger partial charge on any atom is 0.213 e. The van der Waals surface area contributed by atoms with Gasteiger partial charge in [-0.3, -0.25) is 0 Å². The lowest BCUT2D eigenvalue weighted by atomic mass is 10.1. The third-order valence-electron chi connectivity index (χ3n) is 1.74. The van der Waals surface area contributed by atoms with Crippen LogP contribution < -0.4 is 10.5 Å². The molecule has 0 saturated carbocycles. The van der Waals surface area contributed by atoms with Crippen molar-refractivity contribution in [3.8, 4) is 5.88 Å². The van der Waals surface area contributed by atoms with Crippen molar-refractivity contribution < 1.29 is 4.74 Å². The summed E-state index contributed by atoms with van der Waals surface area (Å²) in [5, 5.41) is 0. The molecule has 1 aromatic heterocycles. The third-order valence-corrected chi connectivity index (χ3v) is 1.74. The van der Waals surface area contributed by atoms with Gasteiger partial charge in [-0.15, -0.1) is 0 Å². The van der Waals surface area contributed by atoms with Crippen molar-refractivity contribution in [2.45, 2.75) is 6.42 Å². The molecule has 0 bridgehead atoms. The van der Waals surface area contributed by atoms with E-state index in [4.69, 9.17) is 10.5 Å². The number of hydrogen-bond acceptors (Lipinski definition) is 3. The quantitative estimate of drug-likeness (QED) is 0.759. The van der Waals surface area contributed by atoms with Gasteiger partial charge in [-0.2, -0.15) is 0 Å². The van der Waals surface area contributed by atoms with Crippen LogP contribution in [0, 0.1) is 0 Å². The molecule has 0 aliphatic rings. The minimum absolute atomic E-state index is 0.595. The molecule has 0 atom stereocenters. The van der Waals surface area contributed by atoms with Crippen LogP contribution in [0.4, 0.5) is 0 Å². The van der Waals surface area contributed by atoms with Crippen molar-refractivity contribution in [1.82, 2.24) is 4.98 Å². The first-order valence-corrected chi connectivity index (χ1v) is 4.17. The van der Waals surface area contributed by atoms with E-state index in [0.717, 1.165) is 17.7 Å². The number of ether oxygens (including phenoxy) is 1. The average molecular weight is 178 g/mol. The minimum Gasteiger partial charge on any atom is -0.481 e. The summed E-state index contributed by atoms with van der Waals surface area (Å²) < 4.78 is 5.00. The van der Waals surface area contributed by atoms with Crippen molar-refractivity contribution in [2.75, 3.05) is 13.7 Å². The second-order valence-corrected chi connectivity index (χ2v) is 2.71. The fourth-order valence-electron chi connectivity index (χ4n) is 1.03. The standard InChI is InChI=1S/C10H14N2O/c1-8(6-7-11)9-4-3-5-10(12-9)13-2/h3-5H,1,6-7,11H2,2H3. The molecule has 3 nitrogen and oxygen atoms in total. The molecule has 0 aliphatic carbocycles. The Labute approximate surface area is 78.2 Å². The summed E-state index contributed by atoms with van der Waals surface area (Å²) in [6.45, 7) is 4.49. The van der Waals surface area contributed by atoms with Crippen LogP contribution in [-0.2, 0) is 0 Å². The van der Waals surface area contributed by atoms with Crippen molar-refractivity contribution >= 4 is 5.57 Å². The number of pyridine rings is 1. The van der Waals surface area contributed by atoms with E-state index in [2.05, 4.69) is 11.6 Å². The van der Waals surface area contributed by atoms with Gasteiger partial charge in [0.1, 0.15) is 0 Å². The molecule has 0 radical (unpaired) electrons. The second kappa shape index (κ2) is 4.62. The molecule has 0 spiro atoms. The normalized spacial score (nSPS) is 9.69. The van der Waals surface area contributed by atoms with E-state index in [1.807, 2.05) is 12.1 Å². The molecule has 1 rings (SSSR count). The van der Waals surface area contributed by atoms with Crippen LogP contribution >= 0.6 is 0 Å². The van der Waals surface area contributed by atoms with Crippen LogP contribution in [0.25, 0.3) is 5.57 Å². The average Bonchev–Trinajstić information content (AvgIpc) is 2.18. The molecule has 0 amide bonds. The smallest absolute Gasteiger partial charge is 0.213 e. The van der Waals surface area contributed by atoms with E-state index in [0.29, 0.717) is 12.4 Å². The fourth-order valence-corrected chi connectivity index (χ4v) is 1.03. The predicted molar refractivity (Wildman–Crippen MR) is 53.5 cm³/mol. The molecule has 0 aliphatic heterocycles. The Kier molecular flexibility index (Phi) is 3.46. The van der Waals surface area contributed by atoms with Gasteiger partial charge in [-0.05, 0) is 24.6 Å². The summed E-state index contributed by atoms with van der Waals surface area (Å²) >= 11 is 0. The number of aromatic nitrogens is 1. The fraction of sp³-hybridized carbons (Fsp3) is 0.300. The van der Waals surface area contributed by atoms with Gasteiger partial charge in [0, 0.05) is 6.07 Å². The number of rotatable bonds is 4. The van der Waals surface area contributed by atoms with E-state index in [1.165, 1.54) is 0 Å². The Morgan fingerprint density at radius 2 is 2.38 bits per heavy atom. The van der Waals surface area contributed by atoms with Crippen molar-refractivity contribution in [1.29, 1.82) is 0 Å². The molecular formula is C10H14N2O. The highest BCUT2D eigenvalue weighted by molar-refractivity contribution is 5.60. The first kappa shape index (κ1) is 9.74. The molecular weight excluding hydrogens is 164 g/mol. The van der Waals surface area contributed by atoms with E-state index >= 15 is 0 Å². The highest BCUT2D eigenvalue weighted by Gasteiger charge is 2.00. The Morgan fingerprint density at radius 3 is 3.00 bits per heavy atom. The maximum atomic E-state index is 5.42. The zero-order valence-corrected chi connectivity index (χ0v) is 7.79. The van der Waals surface area contributed by atoms with Crippen LogP contribution in [-0.4, -0.2) is 18.6 Å². The summed E-state index contributed by atoms with van der Waals surface area (Å²) in [5.41, 5.74) is 7.21. The van der Waals surface area contributed by atoms with Gasteiger partial charge in [0.05, 0.1) is 12.8 Å². The monoisotopic (exact) mass is 178 g/mol. The highest BCUT2D eigenvalue weighted by atomic mass is 16.5. The Bertz CT molecular complexity index is 297. The molecule has 0 aromatic carbocycles. The van der Waals surface area contributed by atoms with Crippen LogP contribution in [0.1, 0.15) is 12.1 Å². The Hall–Kier alpha value is -1.35. The molecule has 0 fully saturated rings. The largest absolute Gasteiger partial charge is 0.481 e. The van der Waals surface area contributed by atoms with Crippen LogP contribution in [0.2, 0.25) is 0 Å². The topological polar surface area (TPSA) is 48.1 Å². The molecule has 0 saturated heterocycles. The summed E-state index contributed by atoms with van der Waals surface area (Å²) in [5.74, 6) is 0.607. The van der Waals surface area contributed by atoms with Crippen molar-refractivity contribution in [3.05, 3.63) is 30.5 Å². The third kappa shape index (κ3) is 2.56. The number of nitrogens with two attached hydrogens (primary N) is 1. The summed E-state index contributed by atoms with van der Waals surface area (Å²) in [7, 11) is 1.60. The zero-order valence-electron chi connectivity index (χ0n) is 7.79. The zero-order chi connectivity index (χ0) is 9.68. The Morgan fingerprint density at radius 1 is 1.62 bits per heavy atom. The van der Waals surface area contributed by atoms with E-state index in [1.54, 1.807) is 13.2 Å². The molecule has 1 aromatic rings. The minimum atomic E-state index is 0.595. The molecule has 2 N–H and O–H groups in total. The van der Waals surface area contributed by atoms with Crippen LogP contribution in [0.3, 0.4) is 0 Å². The van der Waals surface area contributed by atoms with E-state index in [-0.39, 0.29) is 0 Å².